The highest BCUT2D eigenvalue weighted by molar-refractivity contribution is 6.64. The molecule has 0 amide bonds. The first kappa shape index (κ1) is 35.0. The standard InChI is InChI=1S/C37H44BN4O6/c1-6-47-34(44)22-32(29-12-11-27-15-17-41(38-24-43)23-30(27)21-29)31-13-14-33-35(25(31)2)39-40-42(33)18-20-46-19-16-26-7-9-28(10-8-26)36(45)48-37(3,4)5/h7-14,21,24,32H,6,15-20,22-23H2,1-5H3. The SMILES string of the molecule is CCOC(=O)CC(c1ccc2c(c1)CN([B]C=O)CC2)c1ccc2c(nnn2CCOCCc2ccc(C(=O)OC(C)(C)C)cc2)c1C. The zero-order valence-corrected chi connectivity index (χ0v) is 28.5. The Bertz CT molecular complexity index is 1750. The van der Waals surface area contributed by atoms with Gasteiger partial charge in [0.05, 0.1) is 50.1 Å². The lowest BCUT2D eigenvalue weighted by molar-refractivity contribution is -0.143. The predicted molar refractivity (Wildman–Crippen MR) is 185 cm³/mol. The van der Waals surface area contributed by atoms with Gasteiger partial charge in [-0.3, -0.25) is 4.79 Å². The summed E-state index contributed by atoms with van der Waals surface area (Å²) in [7, 11) is 1.59. The first-order valence-electron chi connectivity index (χ1n) is 16.6. The van der Waals surface area contributed by atoms with E-state index in [1.165, 1.54) is 5.56 Å². The molecule has 0 aliphatic carbocycles. The third-order valence-corrected chi connectivity index (χ3v) is 8.55. The summed E-state index contributed by atoms with van der Waals surface area (Å²) in [6, 6.07) is 17.9. The van der Waals surface area contributed by atoms with Gasteiger partial charge < -0.3 is 23.8 Å². The minimum absolute atomic E-state index is 0.203. The molecule has 3 aromatic carbocycles. The third-order valence-electron chi connectivity index (χ3n) is 8.55. The van der Waals surface area contributed by atoms with Crippen molar-refractivity contribution in [3.63, 3.8) is 0 Å². The molecule has 1 unspecified atom stereocenters. The maximum absolute atomic E-state index is 12.8. The fourth-order valence-corrected chi connectivity index (χ4v) is 6.14. The molecule has 10 nitrogen and oxygen atoms in total. The van der Waals surface area contributed by atoms with Crippen molar-refractivity contribution in [3.05, 3.63) is 93.5 Å². The van der Waals surface area contributed by atoms with Gasteiger partial charge in [-0.1, -0.05) is 41.6 Å². The summed E-state index contributed by atoms with van der Waals surface area (Å²) in [6.07, 6.45) is 2.61. The quantitative estimate of drug-likeness (QED) is 0.0786. The second-order valence-corrected chi connectivity index (χ2v) is 13.1. The van der Waals surface area contributed by atoms with Crippen LogP contribution < -0.4 is 0 Å². The molecule has 4 aromatic rings. The molecule has 48 heavy (non-hydrogen) atoms. The number of hydrogen-bond acceptors (Lipinski definition) is 9. The number of carbonyl (C=O) groups excluding carboxylic acids is 3. The number of ether oxygens (including phenoxy) is 3. The molecule has 1 radical (unpaired) electrons. The first-order chi connectivity index (χ1) is 23.1. The van der Waals surface area contributed by atoms with E-state index in [9.17, 15) is 14.4 Å². The highest BCUT2D eigenvalue weighted by Gasteiger charge is 2.25. The number of fused-ring (bicyclic) bond motifs is 2. The number of carbonyl (C=O) groups is 3. The van der Waals surface area contributed by atoms with Gasteiger partial charge in [-0.15, -0.1) is 5.10 Å². The van der Waals surface area contributed by atoms with Crippen LogP contribution in [-0.4, -0.2) is 77.3 Å². The molecule has 251 valence electrons. The van der Waals surface area contributed by atoms with Gasteiger partial charge in [-0.2, -0.15) is 0 Å². The van der Waals surface area contributed by atoms with Crippen LogP contribution in [0.1, 0.15) is 83.8 Å². The van der Waals surface area contributed by atoms with Crippen LogP contribution in [0.4, 0.5) is 0 Å². The Balaban J connectivity index is 1.25. The molecule has 1 atom stereocenters. The van der Waals surface area contributed by atoms with E-state index in [4.69, 9.17) is 14.2 Å². The third kappa shape index (κ3) is 8.76. The molecular weight excluding hydrogens is 607 g/mol. The molecule has 1 aliphatic rings. The number of aromatic nitrogens is 3. The molecule has 1 aromatic heterocycles. The van der Waals surface area contributed by atoms with Crippen LogP contribution in [0.3, 0.4) is 0 Å². The average Bonchev–Trinajstić information content (AvgIpc) is 3.47. The van der Waals surface area contributed by atoms with Gasteiger partial charge in [0.25, 0.3) is 7.41 Å². The van der Waals surface area contributed by atoms with Crippen molar-refractivity contribution in [2.24, 2.45) is 0 Å². The van der Waals surface area contributed by atoms with Crippen LogP contribution in [0.5, 0.6) is 0 Å². The van der Waals surface area contributed by atoms with Crippen molar-refractivity contribution in [1.82, 2.24) is 19.8 Å². The molecule has 0 N–H and O–H groups in total. The maximum Gasteiger partial charge on any atom is 0.338 e. The Morgan fingerprint density at radius 1 is 1.04 bits per heavy atom. The van der Waals surface area contributed by atoms with Crippen LogP contribution in [0, 0.1) is 6.92 Å². The number of aryl methyl sites for hydroxylation is 1. The summed E-state index contributed by atoms with van der Waals surface area (Å²) in [4.78, 5) is 38.2. The van der Waals surface area contributed by atoms with Gasteiger partial charge >= 0.3 is 11.9 Å². The summed E-state index contributed by atoms with van der Waals surface area (Å²) in [6.45, 7) is 12.7. The van der Waals surface area contributed by atoms with Gasteiger partial charge in [-0.25, -0.2) is 9.48 Å². The van der Waals surface area contributed by atoms with Gasteiger partial charge in [0.2, 0.25) is 0 Å². The Hall–Kier alpha value is -4.35. The summed E-state index contributed by atoms with van der Waals surface area (Å²) in [5.74, 6) is -0.811. The van der Waals surface area contributed by atoms with E-state index >= 15 is 0 Å². The van der Waals surface area contributed by atoms with Crippen LogP contribution in [0.2, 0.25) is 0 Å². The molecule has 0 spiro atoms. The molecule has 11 heteroatoms. The van der Waals surface area contributed by atoms with E-state index in [0.717, 1.165) is 58.0 Å². The second-order valence-electron chi connectivity index (χ2n) is 13.1. The molecule has 0 fully saturated rings. The van der Waals surface area contributed by atoms with E-state index in [2.05, 4.69) is 34.6 Å². The number of benzene rings is 3. The Labute approximate surface area is 283 Å². The zero-order valence-electron chi connectivity index (χ0n) is 28.5. The fraction of sp³-hybridized carbons (Fsp3) is 0.432. The molecule has 0 bridgehead atoms. The smallest absolute Gasteiger partial charge is 0.338 e. The van der Waals surface area contributed by atoms with Gasteiger partial charge in [0, 0.05) is 12.5 Å². The second kappa shape index (κ2) is 15.7. The van der Waals surface area contributed by atoms with Crippen molar-refractivity contribution in [2.45, 2.75) is 78.5 Å². The predicted octanol–water partition coefficient (Wildman–Crippen LogP) is 5.21. The molecule has 1 aliphatic heterocycles. The molecule has 5 rings (SSSR count). The van der Waals surface area contributed by atoms with Crippen molar-refractivity contribution in [1.29, 1.82) is 0 Å². The molecule has 0 saturated heterocycles. The summed E-state index contributed by atoms with van der Waals surface area (Å²) in [5.41, 5.74) is 8.18. The lowest BCUT2D eigenvalue weighted by Gasteiger charge is -2.28. The number of esters is 2. The Morgan fingerprint density at radius 3 is 2.56 bits per heavy atom. The van der Waals surface area contributed by atoms with E-state index in [1.807, 2.05) is 62.3 Å². The van der Waals surface area contributed by atoms with Crippen molar-refractivity contribution in [3.8, 4) is 0 Å². The molecular formula is C37H44BN4O6. The highest BCUT2D eigenvalue weighted by atomic mass is 16.6. The Kier molecular flexibility index (Phi) is 11.4. The fourth-order valence-electron chi connectivity index (χ4n) is 6.14. The number of nitrogens with zero attached hydrogens (tertiary/aromatic N) is 4. The zero-order chi connectivity index (χ0) is 34.3. The minimum atomic E-state index is -0.532. The monoisotopic (exact) mass is 651 g/mol. The minimum Gasteiger partial charge on any atom is -0.466 e. The van der Waals surface area contributed by atoms with E-state index in [1.54, 1.807) is 19.5 Å². The van der Waals surface area contributed by atoms with Crippen LogP contribution >= 0.6 is 0 Å². The number of hydrogen-bond donors (Lipinski definition) is 0. The van der Waals surface area contributed by atoms with Crippen molar-refractivity contribution in [2.75, 3.05) is 26.4 Å². The lowest BCUT2D eigenvalue weighted by Crippen LogP contribution is -2.34. The normalized spacial score (nSPS) is 13.9. The van der Waals surface area contributed by atoms with Crippen LogP contribution in [0.15, 0.2) is 54.6 Å². The maximum atomic E-state index is 12.8. The van der Waals surface area contributed by atoms with Gasteiger partial charge in [0.15, 0.2) is 0 Å². The highest BCUT2D eigenvalue weighted by Crippen LogP contribution is 2.35. The summed E-state index contributed by atoms with van der Waals surface area (Å²) >= 11 is 0. The Morgan fingerprint density at radius 2 is 1.83 bits per heavy atom. The average molecular weight is 652 g/mol. The topological polar surface area (TPSA) is 113 Å². The molecule has 0 saturated carbocycles. The largest absolute Gasteiger partial charge is 0.466 e. The van der Waals surface area contributed by atoms with Gasteiger partial charge in [0.1, 0.15) is 11.1 Å². The molecule has 2 heterocycles. The van der Waals surface area contributed by atoms with Crippen molar-refractivity contribution >= 4 is 36.6 Å². The van der Waals surface area contributed by atoms with Crippen LogP contribution in [0.25, 0.3) is 11.0 Å². The van der Waals surface area contributed by atoms with Crippen LogP contribution in [-0.2, 0) is 49.7 Å². The van der Waals surface area contributed by atoms with E-state index in [0.29, 0.717) is 44.9 Å². The van der Waals surface area contributed by atoms with Crippen molar-refractivity contribution < 1.29 is 28.6 Å². The summed E-state index contributed by atoms with van der Waals surface area (Å²) in [5, 5.41) is 8.95. The van der Waals surface area contributed by atoms with E-state index in [-0.39, 0.29) is 24.3 Å². The van der Waals surface area contributed by atoms with Gasteiger partial charge in [-0.05, 0) is 106 Å². The van der Waals surface area contributed by atoms with E-state index < -0.39 is 5.60 Å². The number of rotatable bonds is 14. The summed E-state index contributed by atoms with van der Waals surface area (Å²) < 4.78 is 18.6. The first-order valence-corrected chi connectivity index (χ1v) is 16.6. The lowest BCUT2D eigenvalue weighted by atomic mass is 9.82.